The quantitative estimate of drug-likeness (QED) is 0.512. The standard InChI is InChI=1S/C23H23N2OP/c1-25-18-19(22-14-8-9-15-23(22)25)16-17-24-27(26,20-10-4-2-5-11-20)21-12-6-3-7-13-21/h2-15,18H,16-17H2,1H3,(H,24,26). The van der Waals surface area contributed by atoms with Crippen LogP contribution in [-0.4, -0.2) is 11.1 Å². The zero-order chi connectivity index (χ0) is 18.7. The largest absolute Gasteiger partial charge is 0.350 e. The molecule has 136 valence electrons. The fraction of sp³-hybridized carbons (Fsp3) is 0.130. The molecule has 0 saturated heterocycles. The lowest BCUT2D eigenvalue weighted by Crippen LogP contribution is -2.28. The molecule has 0 unspecified atom stereocenters. The Morgan fingerprint density at radius 1 is 0.815 bits per heavy atom. The van der Waals surface area contributed by atoms with E-state index in [0.717, 1.165) is 17.0 Å². The van der Waals surface area contributed by atoms with Crippen LogP contribution in [0.4, 0.5) is 0 Å². The molecule has 0 amide bonds. The fourth-order valence-corrected chi connectivity index (χ4v) is 5.85. The van der Waals surface area contributed by atoms with Gasteiger partial charge >= 0.3 is 0 Å². The first-order valence-electron chi connectivity index (χ1n) is 9.18. The van der Waals surface area contributed by atoms with Gasteiger partial charge in [-0.1, -0.05) is 54.6 Å². The maximum Gasteiger partial charge on any atom is 0.204 e. The van der Waals surface area contributed by atoms with Crippen molar-refractivity contribution in [3.63, 3.8) is 0 Å². The van der Waals surface area contributed by atoms with E-state index in [4.69, 9.17) is 0 Å². The number of aromatic nitrogens is 1. The SMILES string of the molecule is Cn1cc(CCNP(=O)(c2ccccc2)c2ccccc2)c2ccccc21. The number of nitrogens with zero attached hydrogens (tertiary/aromatic N) is 1. The topological polar surface area (TPSA) is 34.0 Å². The van der Waals surface area contributed by atoms with Crippen molar-refractivity contribution < 1.29 is 4.57 Å². The molecule has 0 saturated carbocycles. The summed E-state index contributed by atoms with van der Waals surface area (Å²) in [5.41, 5.74) is 2.50. The molecule has 1 aromatic heterocycles. The van der Waals surface area contributed by atoms with Crippen molar-refractivity contribution in [2.45, 2.75) is 6.42 Å². The number of aryl methyl sites for hydroxylation is 1. The zero-order valence-electron chi connectivity index (χ0n) is 15.4. The van der Waals surface area contributed by atoms with Crippen molar-refractivity contribution in [2.24, 2.45) is 7.05 Å². The maximum absolute atomic E-state index is 14.0. The number of fused-ring (bicyclic) bond motifs is 1. The van der Waals surface area contributed by atoms with Gasteiger partial charge in [-0.15, -0.1) is 0 Å². The monoisotopic (exact) mass is 374 g/mol. The second-order valence-corrected chi connectivity index (χ2v) is 9.29. The third-order valence-electron chi connectivity index (χ3n) is 4.95. The third kappa shape index (κ3) is 3.49. The minimum absolute atomic E-state index is 0.648. The van der Waals surface area contributed by atoms with Gasteiger partial charge in [0.25, 0.3) is 0 Å². The summed E-state index contributed by atoms with van der Waals surface area (Å²) in [5.74, 6) is 0. The van der Waals surface area contributed by atoms with E-state index < -0.39 is 7.29 Å². The van der Waals surface area contributed by atoms with Crippen LogP contribution in [-0.2, 0) is 18.0 Å². The van der Waals surface area contributed by atoms with E-state index in [0.29, 0.717) is 6.54 Å². The molecule has 0 spiro atoms. The van der Waals surface area contributed by atoms with Crippen LogP contribution in [0.25, 0.3) is 10.9 Å². The van der Waals surface area contributed by atoms with Crippen LogP contribution >= 0.6 is 7.29 Å². The minimum atomic E-state index is -2.87. The Balaban J connectivity index is 1.61. The molecule has 0 atom stereocenters. The van der Waals surface area contributed by atoms with Gasteiger partial charge in [-0.25, -0.2) is 0 Å². The lowest BCUT2D eigenvalue weighted by Gasteiger charge is -2.20. The summed E-state index contributed by atoms with van der Waals surface area (Å²) in [4.78, 5) is 0. The predicted octanol–water partition coefficient (Wildman–Crippen LogP) is 4.24. The van der Waals surface area contributed by atoms with E-state index in [-0.39, 0.29) is 0 Å². The van der Waals surface area contributed by atoms with Gasteiger partial charge in [0.05, 0.1) is 0 Å². The Bertz CT molecular complexity index is 1040. The second kappa shape index (κ2) is 7.56. The van der Waals surface area contributed by atoms with Gasteiger partial charge in [-0.2, -0.15) is 0 Å². The van der Waals surface area contributed by atoms with Crippen LogP contribution in [0.1, 0.15) is 5.56 Å². The molecule has 0 fully saturated rings. The Morgan fingerprint density at radius 3 is 2.00 bits per heavy atom. The molecule has 0 aliphatic heterocycles. The van der Waals surface area contributed by atoms with Gasteiger partial charge in [0.15, 0.2) is 0 Å². The first-order chi connectivity index (χ1) is 13.2. The van der Waals surface area contributed by atoms with E-state index in [1.807, 2.05) is 60.7 Å². The molecular formula is C23H23N2OP. The molecule has 4 aromatic rings. The average molecular weight is 374 g/mol. The van der Waals surface area contributed by atoms with Crippen molar-refractivity contribution in [3.8, 4) is 0 Å². The highest BCUT2D eigenvalue weighted by Gasteiger charge is 2.26. The first-order valence-corrected chi connectivity index (χ1v) is 10.9. The normalized spacial score (nSPS) is 11.7. The molecule has 1 heterocycles. The highest BCUT2D eigenvalue weighted by atomic mass is 31.2. The van der Waals surface area contributed by atoms with Gasteiger partial charge in [0, 0.05) is 41.3 Å². The molecule has 3 nitrogen and oxygen atoms in total. The molecule has 0 bridgehead atoms. The van der Waals surface area contributed by atoms with Crippen LogP contribution in [0.2, 0.25) is 0 Å². The maximum atomic E-state index is 14.0. The lowest BCUT2D eigenvalue weighted by molar-refractivity contribution is 0.578. The Labute approximate surface area is 160 Å². The Morgan fingerprint density at radius 2 is 1.37 bits per heavy atom. The molecule has 27 heavy (non-hydrogen) atoms. The summed E-state index contributed by atoms with van der Waals surface area (Å²) in [6, 6.07) is 27.9. The Kier molecular flexibility index (Phi) is 4.98. The van der Waals surface area contributed by atoms with Crippen LogP contribution in [0, 0.1) is 0 Å². The van der Waals surface area contributed by atoms with E-state index in [2.05, 4.69) is 47.2 Å². The number of hydrogen-bond donors (Lipinski definition) is 1. The molecule has 0 aliphatic rings. The predicted molar refractivity (Wildman–Crippen MR) is 114 cm³/mol. The molecule has 0 aliphatic carbocycles. The van der Waals surface area contributed by atoms with Gasteiger partial charge in [0.2, 0.25) is 7.29 Å². The third-order valence-corrected chi connectivity index (χ3v) is 7.67. The summed E-state index contributed by atoms with van der Waals surface area (Å²) in [6.07, 6.45) is 2.99. The Hall–Kier alpha value is -2.61. The minimum Gasteiger partial charge on any atom is -0.350 e. The summed E-state index contributed by atoms with van der Waals surface area (Å²) < 4.78 is 16.1. The zero-order valence-corrected chi connectivity index (χ0v) is 16.3. The van der Waals surface area contributed by atoms with Crippen LogP contribution in [0.3, 0.4) is 0 Å². The summed E-state index contributed by atoms with van der Waals surface area (Å²) >= 11 is 0. The van der Waals surface area contributed by atoms with Crippen LogP contribution in [0.5, 0.6) is 0 Å². The van der Waals surface area contributed by atoms with Gasteiger partial charge in [0.1, 0.15) is 0 Å². The molecule has 0 radical (unpaired) electrons. The van der Waals surface area contributed by atoms with Crippen molar-refractivity contribution in [1.82, 2.24) is 9.65 Å². The van der Waals surface area contributed by atoms with Crippen molar-refractivity contribution in [3.05, 3.63) is 96.7 Å². The average Bonchev–Trinajstić information content (AvgIpc) is 3.05. The van der Waals surface area contributed by atoms with E-state index >= 15 is 0 Å². The van der Waals surface area contributed by atoms with Gasteiger partial charge in [-0.3, -0.25) is 9.65 Å². The first kappa shape index (κ1) is 17.8. The number of nitrogens with one attached hydrogen (secondary N) is 1. The fourth-order valence-electron chi connectivity index (χ4n) is 3.58. The molecule has 4 rings (SSSR count). The number of para-hydroxylation sites is 1. The highest BCUT2D eigenvalue weighted by molar-refractivity contribution is 7.76. The van der Waals surface area contributed by atoms with Crippen molar-refractivity contribution in [1.29, 1.82) is 0 Å². The highest BCUT2D eigenvalue weighted by Crippen LogP contribution is 2.38. The second-order valence-electron chi connectivity index (χ2n) is 6.72. The van der Waals surface area contributed by atoms with E-state index in [9.17, 15) is 4.57 Å². The number of hydrogen-bond acceptors (Lipinski definition) is 1. The molecule has 4 heteroatoms. The van der Waals surface area contributed by atoms with E-state index in [1.165, 1.54) is 16.5 Å². The number of rotatable bonds is 6. The molecule has 3 aromatic carbocycles. The van der Waals surface area contributed by atoms with Crippen molar-refractivity contribution >= 4 is 28.8 Å². The van der Waals surface area contributed by atoms with Crippen molar-refractivity contribution in [2.75, 3.05) is 6.54 Å². The van der Waals surface area contributed by atoms with Crippen LogP contribution < -0.4 is 15.7 Å². The lowest BCUT2D eigenvalue weighted by atomic mass is 10.1. The van der Waals surface area contributed by atoms with Gasteiger partial charge < -0.3 is 4.57 Å². The number of benzene rings is 3. The molecular weight excluding hydrogens is 351 g/mol. The molecule has 1 N–H and O–H groups in total. The van der Waals surface area contributed by atoms with Crippen LogP contribution in [0.15, 0.2) is 91.1 Å². The van der Waals surface area contributed by atoms with Gasteiger partial charge in [-0.05, 0) is 42.3 Å². The van der Waals surface area contributed by atoms with E-state index in [1.54, 1.807) is 0 Å². The summed E-state index contributed by atoms with van der Waals surface area (Å²) in [7, 11) is -0.804. The summed E-state index contributed by atoms with van der Waals surface area (Å²) in [5, 5.41) is 6.34. The summed E-state index contributed by atoms with van der Waals surface area (Å²) in [6.45, 7) is 0.648. The smallest absolute Gasteiger partial charge is 0.204 e.